The van der Waals surface area contributed by atoms with Gasteiger partial charge in [-0.25, -0.2) is 0 Å². The van der Waals surface area contributed by atoms with Crippen molar-refractivity contribution in [2.75, 3.05) is 18.8 Å². The summed E-state index contributed by atoms with van der Waals surface area (Å²) in [4.78, 5) is 14.8. The number of carbonyl (C=O) groups excluding carboxylic acids is 1. The zero-order valence-corrected chi connectivity index (χ0v) is 13.5. The molecule has 0 aliphatic carbocycles. The Balaban J connectivity index is 2.05. The molecule has 2 N–H and O–H groups in total. The fraction of sp³-hybridized carbons (Fsp3) is 0.706. The predicted molar refractivity (Wildman–Crippen MR) is 87.3 cm³/mol. The van der Waals surface area contributed by atoms with Crippen LogP contribution in [0, 0.1) is 5.92 Å². The average Bonchev–Trinajstić information content (AvgIpc) is 2.68. The second-order valence-corrected chi connectivity index (χ2v) is 6.23. The van der Waals surface area contributed by atoms with Crippen molar-refractivity contribution in [3.8, 4) is 0 Å². The summed E-state index contributed by atoms with van der Waals surface area (Å²) in [5.74, 6) is 0.942. The molecule has 0 radical (unpaired) electrons. The zero-order valence-electron chi connectivity index (χ0n) is 13.5. The van der Waals surface area contributed by atoms with Crippen LogP contribution in [-0.4, -0.2) is 28.5 Å². The van der Waals surface area contributed by atoms with E-state index >= 15 is 0 Å². The monoisotopic (exact) mass is 291 g/mol. The number of anilines is 1. The van der Waals surface area contributed by atoms with Gasteiger partial charge in [0.05, 0.1) is 5.69 Å². The molecule has 21 heavy (non-hydrogen) atoms. The first-order valence-electron chi connectivity index (χ1n) is 8.40. The van der Waals surface area contributed by atoms with Crippen LogP contribution in [0.5, 0.6) is 0 Å². The van der Waals surface area contributed by atoms with Gasteiger partial charge in [0.25, 0.3) is 5.91 Å². The highest BCUT2D eigenvalue weighted by atomic mass is 16.2. The Hall–Kier alpha value is -1.45. The first-order chi connectivity index (χ1) is 10.2. The van der Waals surface area contributed by atoms with Crippen molar-refractivity contribution >= 4 is 11.6 Å². The summed E-state index contributed by atoms with van der Waals surface area (Å²) in [6, 6.07) is 1.83. The maximum absolute atomic E-state index is 12.8. The molecule has 0 spiro atoms. The minimum absolute atomic E-state index is 0.150. The number of rotatable bonds is 5. The molecule has 4 nitrogen and oxygen atoms in total. The molecule has 1 aromatic heterocycles. The van der Waals surface area contributed by atoms with Gasteiger partial charge in [-0.05, 0) is 37.7 Å². The van der Waals surface area contributed by atoms with E-state index in [1.807, 2.05) is 21.7 Å². The minimum Gasteiger partial charge on any atom is -0.397 e. The molecule has 4 heteroatoms. The summed E-state index contributed by atoms with van der Waals surface area (Å²) in [5.41, 5.74) is 7.32. The number of amides is 1. The van der Waals surface area contributed by atoms with Crippen molar-refractivity contribution in [1.82, 2.24) is 9.47 Å². The fourth-order valence-electron chi connectivity index (χ4n) is 3.37. The predicted octanol–water partition coefficient (Wildman–Crippen LogP) is 3.52. The smallest absolute Gasteiger partial charge is 0.270 e. The summed E-state index contributed by atoms with van der Waals surface area (Å²) in [6.45, 7) is 6.99. The van der Waals surface area contributed by atoms with Gasteiger partial charge in [0.2, 0.25) is 0 Å². The third kappa shape index (κ3) is 4.02. The topological polar surface area (TPSA) is 51.3 Å². The molecule has 1 unspecified atom stereocenters. The average molecular weight is 291 g/mol. The summed E-state index contributed by atoms with van der Waals surface area (Å²) in [5, 5.41) is 0. The van der Waals surface area contributed by atoms with Crippen LogP contribution in [0.3, 0.4) is 0 Å². The highest BCUT2D eigenvalue weighted by molar-refractivity contribution is 5.93. The number of nitrogens with two attached hydrogens (primary N) is 1. The second kappa shape index (κ2) is 7.53. The normalized spacial score (nSPS) is 19.5. The molecule has 1 aromatic rings. The van der Waals surface area contributed by atoms with Gasteiger partial charge in [-0.15, -0.1) is 0 Å². The van der Waals surface area contributed by atoms with E-state index in [2.05, 4.69) is 13.8 Å². The summed E-state index contributed by atoms with van der Waals surface area (Å²) in [7, 11) is 0. The van der Waals surface area contributed by atoms with Gasteiger partial charge in [0, 0.05) is 25.8 Å². The quantitative estimate of drug-likeness (QED) is 0.902. The molecular formula is C17H29N3O. The fourth-order valence-corrected chi connectivity index (χ4v) is 3.37. The number of likely N-dealkylation sites (tertiary alicyclic amines) is 1. The number of nitrogens with zero attached hydrogens (tertiary/aromatic N) is 2. The van der Waals surface area contributed by atoms with Crippen molar-refractivity contribution in [3.63, 3.8) is 0 Å². The van der Waals surface area contributed by atoms with E-state index in [1.165, 1.54) is 19.3 Å². The lowest BCUT2D eigenvalue weighted by Gasteiger charge is -2.21. The lowest BCUT2D eigenvalue weighted by atomic mass is 9.96. The van der Waals surface area contributed by atoms with E-state index in [9.17, 15) is 4.79 Å². The largest absolute Gasteiger partial charge is 0.397 e. The molecule has 1 amide bonds. The summed E-state index contributed by atoms with van der Waals surface area (Å²) < 4.78 is 2.01. The van der Waals surface area contributed by atoms with Crippen LogP contribution in [0.15, 0.2) is 12.3 Å². The molecular weight excluding hydrogens is 262 g/mol. The van der Waals surface area contributed by atoms with E-state index < -0.39 is 0 Å². The third-order valence-electron chi connectivity index (χ3n) is 4.43. The number of carbonyl (C=O) groups is 1. The van der Waals surface area contributed by atoms with Gasteiger partial charge in [-0.2, -0.15) is 0 Å². The number of hydrogen-bond acceptors (Lipinski definition) is 2. The number of aryl methyl sites for hydroxylation is 1. The van der Waals surface area contributed by atoms with E-state index in [0.29, 0.717) is 5.69 Å². The Morgan fingerprint density at radius 2 is 2.10 bits per heavy atom. The molecule has 1 saturated heterocycles. The molecule has 0 saturated carbocycles. The Morgan fingerprint density at radius 1 is 1.29 bits per heavy atom. The minimum atomic E-state index is 0.150. The van der Waals surface area contributed by atoms with Gasteiger partial charge in [-0.1, -0.05) is 26.7 Å². The van der Waals surface area contributed by atoms with Crippen molar-refractivity contribution in [3.05, 3.63) is 18.0 Å². The van der Waals surface area contributed by atoms with Gasteiger partial charge < -0.3 is 15.2 Å². The van der Waals surface area contributed by atoms with Crippen LogP contribution in [0.2, 0.25) is 0 Å². The molecule has 1 atom stereocenters. The first kappa shape index (κ1) is 15.9. The van der Waals surface area contributed by atoms with Crippen molar-refractivity contribution in [2.24, 2.45) is 5.92 Å². The maximum Gasteiger partial charge on any atom is 0.270 e. The van der Waals surface area contributed by atoms with E-state index in [0.717, 1.165) is 50.5 Å². The molecule has 0 aromatic carbocycles. The van der Waals surface area contributed by atoms with Gasteiger partial charge in [-0.3, -0.25) is 4.79 Å². The lowest BCUT2D eigenvalue weighted by Crippen LogP contribution is -2.33. The maximum atomic E-state index is 12.8. The SMILES string of the molecule is CCCC1CCCN(C(=O)c2cc(N)cn2CCC)CC1. The molecule has 118 valence electrons. The number of nitrogen functional groups attached to an aromatic ring is 1. The van der Waals surface area contributed by atoms with Crippen molar-refractivity contribution in [1.29, 1.82) is 0 Å². The van der Waals surface area contributed by atoms with E-state index in [1.54, 1.807) is 0 Å². The third-order valence-corrected chi connectivity index (χ3v) is 4.43. The Bertz CT molecular complexity index is 467. The van der Waals surface area contributed by atoms with Crippen molar-refractivity contribution < 1.29 is 4.79 Å². The van der Waals surface area contributed by atoms with Gasteiger partial charge in [0.15, 0.2) is 0 Å². The molecule has 0 bridgehead atoms. The van der Waals surface area contributed by atoms with Crippen molar-refractivity contribution in [2.45, 2.75) is 58.9 Å². The lowest BCUT2D eigenvalue weighted by molar-refractivity contribution is 0.0749. The number of aromatic nitrogens is 1. The van der Waals surface area contributed by atoms with Crippen LogP contribution in [0.4, 0.5) is 5.69 Å². The van der Waals surface area contributed by atoms with Gasteiger partial charge >= 0.3 is 0 Å². The summed E-state index contributed by atoms with van der Waals surface area (Å²) in [6.07, 6.45) is 8.96. The molecule has 2 rings (SSSR count). The highest BCUT2D eigenvalue weighted by Gasteiger charge is 2.23. The van der Waals surface area contributed by atoms with Crippen LogP contribution < -0.4 is 5.73 Å². The van der Waals surface area contributed by atoms with Crippen LogP contribution in [0.25, 0.3) is 0 Å². The zero-order chi connectivity index (χ0) is 15.2. The molecule has 1 aliphatic heterocycles. The Labute approximate surface area is 128 Å². The Morgan fingerprint density at radius 3 is 2.81 bits per heavy atom. The second-order valence-electron chi connectivity index (χ2n) is 6.23. The molecule has 1 aliphatic rings. The highest BCUT2D eigenvalue weighted by Crippen LogP contribution is 2.23. The summed E-state index contributed by atoms with van der Waals surface area (Å²) >= 11 is 0. The standard InChI is InChI=1S/C17H29N3O/c1-3-6-14-7-5-10-19(11-8-14)17(21)16-12-15(18)13-20(16)9-4-2/h12-14H,3-11,18H2,1-2H3. The van der Waals surface area contributed by atoms with E-state index in [-0.39, 0.29) is 5.91 Å². The Kier molecular flexibility index (Phi) is 5.71. The van der Waals surface area contributed by atoms with Gasteiger partial charge in [0.1, 0.15) is 5.69 Å². The van der Waals surface area contributed by atoms with Crippen LogP contribution in [0.1, 0.15) is 62.9 Å². The van der Waals surface area contributed by atoms with Crippen LogP contribution in [-0.2, 0) is 6.54 Å². The van der Waals surface area contributed by atoms with Crippen LogP contribution >= 0.6 is 0 Å². The molecule has 1 fully saturated rings. The number of hydrogen-bond donors (Lipinski definition) is 1. The first-order valence-corrected chi connectivity index (χ1v) is 8.40. The van der Waals surface area contributed by atoms with E-state index in [4.69, 9.17) is 5.73 Å². The molecule has 2 heterocycles.